The van der Waals surface area contributed by atoms with E-state index in [4.69, 9.17) is 14.2 Å². The van der Waals surface area contributed by atoms with Gasteiger partial charge in [-0.3, -0.25) is 4.79 Å². The van der Waals surface area contributed by atoms with Crippen LogP contribution in [-0.4, -0.2) is 44.5 Å². The van der Waals surface area contributed by atoms with Crippen LogP contribution in [0.25, 0.3) is 0 Å². The first-order chi connectivity index (χ1) is 10.6. The third-order valence-electron chi connectivity index (χ3n) is 3.95. The van der Waals surface area contributed by atoms with Crippen LogP contribution in [0.5, 0.6) is 11.5 Å². The van der Waals surface area contributed by atoms with Gasteiger partial charge in [0.2, 0.25) is 6.79 Å². The first-order valence-corrected chi connectivity index (χ1v) is 7.74. The summed E-state index contributed by atoms with van der Waals surface area (Å²) in [7, 11) is 0. The summed E-state index contributed by atoms with van der Waals surface area (Å²) in [4.78, 5) is 13.4. The maximum absolute atomic E-state index is 12.1. The molecule has 1 saturated heterocycles. The van der Waals surface area contributed by atoms with Crippen LogP contribution in [0.1, 0.15) is 19.4 Å². The molecule has 2 N–H and O–H groups in total. The van der Waals surface area contributed by atoms with Crippen LogP contribution in [0, 0.1) is 0 Å². The van der Waals surface area contributed by atoms with Crippen molar-refractivity contribution in [2.45, 2.75) is 32.6 Å². The zero-order valence-corrected chi connectivity index (χ0v) is 13.1. The van der Waals surface area contributed by atoms with Crippen molar-refractivity contribution in [2.75, 3.05) is 26.4 Å². The summed E-state index contributed by atoms with van der Waals surface area (Å²) in [5.74, 6) is 1.57. The number of benzene rings is 1. The van der Waals surface area contributed by atoms with E-state index in [2.05, 4.69) is 19.2 Å². The molecule has 1 fully saturated rings. The van der Waals surface area contributed by atoms with Crippen LogP contribution >= 0.6 is 0 Å². The van der Waals surface area contributed by atoms with Gasteiger partial charge < -0.3 is 24.4 Å². The highest BCUT2D eigenvalue weighted by molar-refractivity contribution is 5.76. The first-order valence-electron chi connectivity index (χ1n) is 7.74. The molecule has 2 atom stereocenters. The minimum atomic E-state index is 0.0639. The van der Waals surface area contributed by atoms with Gasteiger partial charge in [-0.15, -0.1) is 0 Å². The van der Waals surface area contributed by atoms with Crippen molar-refractivity contribution >= 4 is 5.91 Å². The Morgan fingerprint density at radius 3 is 2.73 bits per heavy atom. The van der Waals surface area contributed by atoms with E-state index in [1.54, 1.807) is 0 Å². The lowest BCUT2D eigenvalue weighted by atomic mass is 10.2. The number of nitrogens with one attached hydrogen (secondary N) is 2. The summed E-state index contributed by atoms with van der Waals surface area (Å²) in [6.07, 6.45) is 0.417. The van der Waals surface area contributed by atoms with Gasteiger partial charge in [0.25, 0.3) is 5.91 Å². The van der Waals surface area contributed by atoms with E-state index in [1.165, 1.54) is 4.90 Å². The van der Waals surface area contributed by atoms with E-state index in [9.17, 15) is 4.79 Å². The molecule has 0 saturated carbocycles. The van der Waals surface area contributed by atoms with Crippen LogP contribution in [0.3, 0.4) is 0 Å². The summed E-state index contributed by atoms with van der Waals surface area (Å²) in [5.41, 5.74) is 1.01. The summed E-state index contributed by atoms with van der Waals surface area (Å²) >= 11 is 0. The van der Waals surface area contributed by atoms with Crippen molar-refractivity contribution < 1.29 is 23.9 Å². The fourth-order valence-electron chi connectivity index (χ4n) is 3.07. The summed E-state index contributed by atoms with van der Waals surface area (Å²) < 4.78 is 16.3. The van der Waals surface area contributed by atoms with Gasteiger partial charge in [-0.1, -0.05) is 6.07 Å². The number of fused-ring (bicyclic) bond motifs is 1. The van der Waals surface area contributed by atoms with Gasteiger partial charge in [-0.05, 0) is 31.5 Å². The standard InChI is InChI=1S/C16H22N2O4/c1-11-7-18(8-12(2)22-11)9-16(19)17-6-13-3-4-14-15(5-13)21-10-20-14/h3-5,11-12H,6-10H2,1-2H3,(H,17,19)/p+1/t11-,12-/m0/s1. The predicted molar refractivity (Wildman–Crippen MR) is 80.0 cm³/mol. The second-order valence-electron chi connectivity index (χ2n) is 6.06. The molecule has 0 bridgehead atoms. The fourth-order valence-corrected chi connectivity index (χ4v) is 3.07. The van der Waals surface area contributed by atoms with Gasteiger partial charge in [0.15, 0.2) is 18.0 Å². The fraction of sp³-hybridized carbons (Fsp3) is 0.562. The Morgan fingerprint density at radius 1 is 1.23 bits per heavy atom. The highest BCUT2D eigenvalue weighted by Crippen LogP contribution is 2.32. The van der Waals surface area contributed by atoms with E-state index >= 15 is 0 Å². The molecule has 22 heavy (non-hydrogen) atoms. The predicted octanol–water partition coefficient (Wildman–Crippen LogP) is -0.276. The summed E-state index contributed by atoms with van der Waals surface area (Å²) in [6, 6.07) is 5.73. The molecule has 0 aromatic heterocycles. The molecule has 6 nitrogen and oxygen atoms in total. The quantitative estimate of drug-likeness (QED) is 0.803. The number of carbonyl (C=O) groups is 1. The average molecular weight is 307 g/mol. The van der Waals surface area contributed by atoms with Gasteiger partial charge in [-0.25, -0.2) is 0 Å². The van der Waals surface area contributed by atoms with Crippen molar-refractivity contribution in [3.8, 4) is 11.5 Å². The smallest absolute Gasteiger partial charge is 0.275 e. The zero-order valence-electron chi connectivity index (χ0n) is 13.1. The third kappa shape index (κ3) is 3.69. The molecule has 1 aromatic rings. The first kappa shape index (κ1) is 15.1. The molecule has 0 spiro atoms. The molecular formula is C16H23N2O4+. The summed E-state index contributed by atoms with van der Waals surface area (Å²) in [5, 5.41) is 2.97. The number of quaternary nitrogens is 1. The Labute approximate surface area is 130 Å². The lowest BCUT2D eigenvalue weighted by Crippen LogP contribution is -3.16. The monoisotopic (exact) mass is 307 g/mol. The van der Waals surface area contributed by atoms with Gasteiger partial charge in [0.05, 0.1) is 0 Å². The maximum atomic E-state index is 12.1. The molecule has 3 rings (SSSR count). The van der Waals surface area contributed by atoms with Gasteiger partial charge >= 0.3 is 0 Å². The van der Waals surface area contributed by atoms with Crippen molar-refractivity contribution in [2.24, 2.45) is 0 Å². The van der Waals surface area contributed by atoms with Gasteiger partial charge in [0, 0.05) is 6.54 Å². The van der Waals surface area contributed by atoms with Crippen molar-refractivity contribution in [1.29, 1.82) is 0 Å². The second kappa shape index (κ2) is 6.54. The van der Waals surface area contributed by atoms with Crippen molar-refractivity contribution in [1.82, 2.24) is 5.32 Å². The van der Waals surface area contributed by atoms with Crippen molar-refractivity contribution in [3.05, 3.63) is 23.8 Å². The molecular weight excluding hydrogens is 284 g/mol. The normalized spacial score (nSPS) is 26.7. The summed E-state index contributed by atoms with van der Waals surface area (Å²) in [6.45, 7) is 7.12. The number of hydrogen-bond acceptors (Lipinski definition) is 4. The number of morpholine rings is 1. The Morgan fingerprint density at radius 2 is 1.95 bits per heavy atom. The van der Waals surface area contributed by atoms with Crippen LogP contribution < -0.4 is 19.7 Å². The molecule has 0 radical (unpaired) electrons. The van der Waals surface area contributed by atoms with Crippen LogP contribution in [-0.2, 0) is 16.1 Å². The molecule has 120 valence electrons. The van der Waals surface area contributed by atoms with E-state index < -0.39 is 0 Å². The third-order valence-corrected chi connectivity index (χ3v) is 3.95. The molecule has 0 unspecified atom stereocenters. The second-order valence-corrected chi connectivity index (χ2v) is 6.06. The van der Waals surface area contributed by atoms with E-state index in [-0.39, 0.29) is 24.9 Å². The van der Waals surface area contributed by atoms with E-state index in [0.29, 0.717) is 13.1 Å². The molecule has 1 amide bonds. The zero-order chi connectivity index (χ0) is 15.5. The SMILES string of the molecule is C[C@H]1C[NH+](CC(=O)NCc2ccc3c(c2)OCO3)C[C@H](C)O1. The van der Waals surface area contributed by atoms with E-state index in [0.717, 1.165) is 30.2 Å². The molecule has 2 aliphatic rings. The maximum Gasteiger partial charge on any atom is 0.275 e. The van der Waals surface area contributed by atoms with Gasteiger partial charge in [-0.2, -0.15) is 0 Å². The Hall–Kier alpha value is -1.79. The van der Waals surface area contributed by atoms with Crippen LogP contribution in [0.2, 0.25) is 0 Å². The minimum absolute atomic E-state index is 0.0639. The van der Waals surface area contributed by atoms with Crippen LogP contribution in [0.4, 0.5) is 0 Å². The lowest BCUT2D eigenvalue weighted by Gasteiger charge is -2.31. The Balaban J connectivity index is 1.48. The largest absolute Gasteiger partial charge is 0.454 e. The molecule has 6 heteroatoms. The number of amides is 1. The van der Waals surface area contributed by atoms with Crippen molar-refractivity contribution in [3.63, 3.8) is 0 Å². The van der Waals surface area contributed by atoms with Crippen LogP contribution in [0.15, 0.2) is 18.2 Å². The highest BCUT2D eigenvalue weighted by atomic mass is 16.7. The number of carbonyl (C=O) groups excluding carboxylic acids is 1. The molecule has 2 heterocycles. The average Bonchev–Trinajstić information content (AvgIpc) is 2.91. The molecule has 1 aromatic carbocycles. The molecule has 0 aliphatic carbocycles. The highest BCUT2D eigenvalue weighted by Gasteiger charge is 2.27. The Kier molecular flexibility index (Phi) is 4.49. The molecule has 2 aliphatic heterocycles. The minimum Gasteiger partial charge on any atom is -0.454 e. The number of rotatable bonds is 4. The number of hydrogen-bond donors (Lipinski definition) is 2. The number of ether oxygens (including phenoxy) is 3. The Bertz CT molecular complexity index is 539. The lowest BCUT2D eigenvalue weighted by molar-refractivity contribution is -0.907. The topological polar surface area (TPSA) is 61.2 Å². The van der Waals surface area contributed by atoms with E-state index in [1.807, 2.05) is 18.2 Å². The van der Waals surface area contributed by atoms with Gasteiger partial charge in [0.1, 0.15) is 25.3 Å².